The van der Waals surface area contributed by atoms with E-state index in [-0.39, 0.29) is 53.7 Å². The lowest BCUT2D eigenvalue weighted by Crippen LogP contribution is -2.59. The number of pyridine rings is 1. The molecule has 8 aromatic rings. The number of allylic oxidation sites excluding steroid dienone is 2. The summed E-state index contributed by atoms with van der Waals surface area (Å²) in [6.45, 7) is 1.11. The van der Waals surface area contributed by atoms with E-state index >= 15 is 0 Å². The molecule has 6 aromatic heterocycles. The number of carbonyl (C=O) groups excluding carboxylic acids is 2. The van der Waals surface area contributed by atoms with Crippen molar-refractivity contribution in [3.8, 4) is 11.4 Å². The minimum Gasteiger partial charge on any atom is -0.291 e. The van der Waals surface area contributed by atoms with Crippen LogP contribution in [0.4, 0.5) is 30.7 Å². The lowest BCUT2D eigenvalue weighted by molar-refractivity contribution is -0.115. The molecular weight excluding hydrogens is 1190 g/mol. The average Bonchev–Trinajstić information content (AvgIpc) is 1.69. The third-order valence-electron chi connectivity index (χ3n) is 17.4. The quantitative estimate of drug-likeness (QED) is 0.0546. The van der Waals surface area contributed by atoms with E-state index in [2.05, 4.69) is 42.1 Å². The van der Waals surface area contributed by atoms with Crippen molar-refractivity contribution in [2.75, 3.05) is 6.54 Å². The van der Waals surface area contributed by atoms with E-state index in [1.54, 1.807) is 76.8 Å². The van der Waals surface area contributed by atoms with Crippen LogP contribution in [0.25, 0.3) is 23.5 Å². The number of ketones is 2. The number of aryl methyl sites for hydroxylation is 3. The molecule has 0 saturated heterocycles. The van der Waals surface area contributed by atoms with Gasteiger partial charge in [-0.25, -0.2) is 62.1 Å². The molecule has 454 valence electrons. The highest BCUT2D eigenvalue weighted by atomic mass is 32.2. The average molecular weight is 1250 g/mol. The highest BCUT2D eigenvalue weighted by Crippen LogP contribution is 2.55. The summed E-state index contributed by atoms with van der Waals surface area (Å²) in [4.78, 5) is 38.9. The minimum atomic E-state index is -3.34. The second-order valence-electron chi connectivity index (χ2n) is 23.1. The van der Waals surface area contributed by atoms with Gasteiger partial charge in [-0.15, -0.1) is 11.3 Å². The minimum absolute atomic E-state index is 0.0553. The Morgan fingerprint density at radius 2 is 1.18 bits per heavy atom. The number of Topliss-reactive ketones (excluding diaryl/α,β-unsaturated/α-hetero) is 2. The summed E-state index contributed by atoms with van der Waals surface area (Å²) < 4.78 is 136. The van der Waals surface area contributed by atoms with Crippen molar-refractivity contribution in [3.05, 3.63) is 177 Å². The second-order valence-corrected chi connectivity index (χ2v) is 28.7. The Bertz CT molecular complexity index is 4280. The molecule has 2 aromatic carbocycles. The van der Waals surface area contributed by atoms with E-state index in [0.717, 1.165) is 50.7 Å². The summed E-state index contributed by atoms with van der Waals surface area (Å²) >= 11 is 1.29. The second kappa shape index (κ2) is 22.5. The van der Waals surface area contributed by atoms with Gasteiger partial charge in [0.05, 0.1) is 94.1 Å². The first-order valence-electron chi connectivity index (χ1n) is 28.0. The van der Waals surface area contributed by atoms with Crippen molar-refractivity contribution in [2.45, 2.75) is 111 Å². The number of fused-ring (bicyclic) bond motifs is 4. The Kier molecular flexibility index (Phi) is 15.4. The molecule has 26 heteroatoms. The van der Waals surface area contributed by atoms with Gasteiger partial charge in [0.1, 0.15) is 23.1 Å². The molecule has 0 aliphatic heterocycles. The predicted molar refractivity (Wildman–Crippen MR) is 316 cm³/mol. The molecule has 16 nitrogen and oxygen atoms in total. The topological polar surface area (TPSA) is 172 Å². The molecular formula is C61H59F7N12O4S3. The summed E-state index contributed by atoms with van der Waals surface area (Å²) in [5.41, 5.74) is 3.60. The normalized spacial score (nSPS) is 22.8. The fourth-order valence-electron chi connectivity index (χ4n) is 13.3. The molecule has 5 aliphatic rings. The smallest absolute Gasteiger partial charge is 0.252 e. The van der Waals surface area contributed by atoms with Crippen LogP contribution in [-0.2, 0) is 46.4 Å². The lowest BCUT2D eigenvalue weighted by Gasteiger charge is -2.52. The van der Waals surface area contributed by atoms with Gasteiger partial charge < -0.3 is 0 Å². The first-order valence-corrected chi connectivity index (χ1v) is 32.2. The number of nitrogens with zero attached hydrogens (tertiary/aromatic N) is 12. The van der Waals surface area contributed by atoms with Gasteiger partial charge in [0.2, 0.25) is 5.78 Å². The standard InChI is InChI=1S/C32H30F4N6O2S.C29H29F3N6O2S2/c1-40-19-27(18-38-40)45(2,44)42(26-15-32(35,36)16-26)25-6-3-21-11-29-20(17-39-41(29)24-7-4-22(33)5-8-24)13-31(21,14-25)30(43)28-12-23(34)9-10-37-28;1-18-13-33-28(41-18)27(39)29-11-19-14-35-38(22-8-5-21(30)6-9-22)25(19)10-20(29)4-7-23(12-29)37(17-26(31)32)42(3,40)24-15-34-36(2)16-24/h4-5,7-12,17-19,25-26H,2-3,6,13-16H2,1H3;5-6,8-10,13-16,23,26H,3-4,7,11-12,17H2,1-2H3/t25-,31-,45?;23-,29-,42?/m00/s1. The number of carbonyl (C=O) groups is 2. The van der Waals surface area contributed by atoms with E-state index < -0.39 is 91.7 Å². The number of aromatic nitrogens is 10. The Morgan fingerprint density at radius 3 is 1.67 bits per heavy atom. The third kappa shape index (κ3) is 11.0. The predicted octanol–water partition coefficient (Wildman–Crippen LogP) is 10.6. The Labute approximate surface area is 501 Å². The van der Waals surface area contributed by atoms with Gasteiger partial charge in [-0.3, -0.25) is 23.9 Å². The van der Waals surface area contributed by atoms with Gasteiger partial charge >= 0.3 is 0 Å². The maximum Gasteiger partial charge on any atom is 0.252 e. The van der Waals surface area contributed by atoms with Crippen molar-refractivity contribution in [3.63, 3.8) is 0 Å². The van der Waals surface area contributed by atoms with Crippen molar-refractivity contribution in [1.29, 1.82) is 0 Å². The van der Waals surface area contributed by atoms with E-state index in [4.69, 9.17) is 0 Å². The van der Waals surface area contributed by atoms with Crippen LogP contribution in [0, 0.1) is 35.2 Å². The molecule has 13 rings (SSSR count). The first kappa shape index (κ1) is 59.7. The lowest BCUT2D eigenvalue weighted by atomic mass is 9.60. The summed E-state index contributed by atoms with van der Waals surface area (Å²) in [7, 11) is -3.30. The summed E-state index contributed by atoms with van der Waals surface area (Å²) in [6.07, 6.45) is 14.6. The number of hydrogen-bond donors (Lipinski definition) is 0. The Morgan fingerprint density at radius 1 is 0.667 bits per heavy atom. The molecule has 0 N–H and O–H groups in total. The maximum atomic E-state index is 14.5. The van der Waals surface area contributed by atoms with Crippen LogP contribution < -0.4 is 0 Å². The number of benzene rings is 2. The van der Waals surface area contributed by atoms with Crippen molar-refractivity contribution in [2.24, 2.45) is 24.9 Å². The van der Waals surface area contributed by atoms with Gasteiger partial charge in [-0.05, 0) is 148 Å². The number of hydrogen-bond acceptors (Lipinski definition) is 11. The molecule has 0 radical (unpaired) electrons. The Hall–Kier alpha value is -7.65. The largest absolute Gasteiger partial charge is 0.291 e. The summed E-state index contributed by atoms with van der Waals surface area (Å²) in [5.74, 6) is 3.12. The third-order valence-corrected chi connectivity index (χ3v) is 22.7. The van der Waals surface area contributed by atoms with Crippen LogP contribution in [0.1, 0.15) is 99.0 Å². The van der Waals surface area contributed by atoms with E-state index in [9.17, 15) is 48.7 Å². The van der Waals surface area contributed by atoms with Gasteiger partial charge in [0.15, 0.2) is 10.8 Å². The van der Waals surface area contributed by atoms with Crippen LogP contribution in [0.5, 0.6) is 0 Å². The molecule has 0 amide bonds. The molecule has 5 aliphatic carbocycles. The fourth-order valence-corrected chi connectivity index (χ4v) is 17.9. The summed E-state index contributed by atoms with van der Waals surface area (Å²) in [5, 5.41) is 17.7. The molecule has 0 bridgehead atoms. The highest BCUT2D eigenvalue weighted by molar-refractivity contribution is 7.98. The highest BCUT2D eigenvalue weighted by Gasteiger charge is 2.57. The van der Waals surface area contributed by atoms with Gasteiger partial charge in [-0.1, -0.05) is 11.1 Å². The van der Waals surface area contributed by atoms with E-state index in [1.807, 2.05) is 19.1 Å². The maximum absolute atomic E-state index is 14.5. The van der Waals surface area contributed by atoms with Crippen LogP contribution in [0.2, 0.25) is 0 Å². The van der Waals surface area contributed by atoms with Crippen LogP contribution >= 0.6 is 11.3 Å². The van der Waals surface area contributed by atoms with Crippen molar-refractivity contribution < 1.29 is 48.7 Å². The zero-order valence-corrected chi connectivity index (χ0v) is 49.9. The molecule has 0 spiro atoms. The van der Waals surface area contributed by atoms with E-state index in [1.165, 1.54) is 74.1 Å². The summed E-state index contributed by atoms with van der Waals surface area (Å²) in [6, 6.07) is 12.2. The van der Waals surface area contributed by atoms with Gasteiger partial charge in [-0.2, -0.15) is 20.4 Å². The zero-order valence-electron chi connectivity index (χ0n) is 47.4. The number of rotatable bonds is 15. The Balaban J connectivity index is 0.000000170. The van der Waals surface area contributed by atoms with Crippen LogP contribution in [0.15, 0.2) is 131 Å². The number of alkyl halides is 4. The molecule has 87 heavy (non-hydrogen) atoms. The van der Waals surface area contributed by atoms with Crippen molar-refractivity contribution >= 4 is 66.2 Å². The molecule has 3 saturated carbocycles. The monoisotopic (exact) mass is 1250 g/mol. The fraction of sp³-hybridized carbons (Fsp3) is 0.344. The zero-order chi connectivity index (χ0) is 61.5. The molecule has 2 unspecified atom stereocenters. The molecule has 6 heterocycles. The molecule has 6 atom stereocenters. The van der Waals surface area contributed by atoms with Crippen LogP contribution in [0.3, 0.4) is 0 Å². The van der Waals surface area contributed by atoms with Crippen molar-refractivity contribution in [1.82, 2.24) is 57.7 Å². The van der Waals surface area contributed by atoms with Gasteiger partial charge in [0.25, 0.3) is 12.3 Å². The SMILES string of the molecule is C=S(=O)(c1cnn(C)c1)N(C1CC(F)(F)C1)[C@H]1CCC2=Cc3c(cnn3-c3ccc(F)cc3)C[C@]2(C(=O)c2cc(F)ccn2)C1.C=S(=O)(c1cnn(C)c1)N(CC(F)F)[C@H]1CCC2=Cc3c(cnn3-c3ccc(F)cc3)C[C@]2(C(=O)c2ncc(C)s2)C1. The van der Waals surface area contributed by atoms with Gasteiger partial charge in [0, 0.05) is 80.8 Å². The van der Waals surface area contributed by atoms with Crippen LogP contribution in [-0.4, -0.2) is 126 Å². The first-order chi connectivity index (χ1) is 41.3. The van der Waals surface area contributed by atoms with E-state index in [0.29, 0.717) is 47.0 Å². The number of halogens is 7. The molecule has 3 fully saturated rings. The number of thiazole rings is 1.